The van der Waals surface area contributed by atoms with Gasteiger partial charge in [-0.15, -0.1) is 0 Å². The number of rotatable bonds is 5. The number of aromatic amines is 1. The molecule has 0 spiro atoms. The molecule has 0 aliphatic rings. The number of guanidine groups is 1. The fraction of sp³-hybridized carbons (Fsp3) is 0.211. The minimum Gasteiger partial charge on any atom is -0.352 e. The molecule has 6 heteroatoms. The first-order valence-corrected chi connectivity index (χ1v) is 8.20. The lowest BCUT2D eigenvalue weighted by atomic mass is 10.1. The summed E-state index contributed by atoms with van der Waals surface area (Å²) >= 11 is 0. The summed E-state index contributed by atoms with van der Waals surface area (Å²) in [6, 6.07) is 16.5. The van der Waals surface area contributed by atoms with Gasteiger partial charge in [0.25, 0.3) is 0 Å². The number of H-pyrrole nitrogens is 1. The average molecular weight is 334 g/mol. The molecule has 0 radical (unpaired) electrons. The lowest BCUT2D eigenvalue weighted by Crippen LogP contribution is -2.36. The van der Waals surface area contributed by atoms with Crippen molar-refractivity contribution in [2.24, 2.45) is 4.99 Å². The van der Waals surface area contributed by atoms with E-state index in [0.717, 1.165) is 29.5 Å². The van der Waals surface area contributed by atoms with Crippen molar-refractivity contribution in [3.05, 3.63) is 71.5 Å². The van der Waals surface area contributed by atoms with Gasteiger partial charge in [0.1, 0.15) is 6.33 Å². The van der Waals surface area contributed by atoms with Crippen LogP contribution in [0.3, 0.4) is 0 Å². The number of hydrogen-bond donors (Lipinski definition) is 3. The molecule has 0 saturated heterocycles. The van der Waals surface area contributed by atoms with Crippen LogP contribution in [0.25, 0.3) is 11.4 Å². The zero-order valence-corrected chi connectivity index (χ0v) is 14.5. The first-order valence-electron chi connectivity index (χ1n) is 8.20. The zero-order chi connectivity index (χ0) is 17.5. The van der Waals surface area contributed by atoms with E-state index in [2.05, 4.69) is 68.1 Å². The summed E-state index contributed by atoms with van der Waals surface area (Å²) in [6.45, 7) is 3.53. The Balaban J connectivity index is 1.58. The van der Waals surface area contributed by atoms with Crippen molar-refractivity contribution in [3.63, 3.8) is 0 Å². The summed E-state index contributed by atoms with van der Waals surface area (Å²) in [6.07, 6.45) is 1.51. The van der Waals surface area contributed by atoms with Gasteiger partial charge in [0.2, 0.25) is 0 Å². The maximum atomic E-state index is 4.29. The van der Waals surface area contributed by atoms with Gasteiger partial charge < -0.3 is 10.6 Å². The SMILES string of the molecule is CN=C(NCc1cccc(-c2ncn[nH]2)c1)NCc1ccccc1C. The highest BCUT2D eigenvalue weighted by Crippen LogP contribution is 2.15. The Labute approximate surface area is 147 Å². The molecule has 3 rings (SSSR count). The van der Waals surface area contributed by atoms with E-state index in [1.807, 2.05) is 18.2 Å². The molecule has 0 atom stereocenters. The van der Waals surface area contributed by atoms with E-state index < -0.39 is 0 Å². The Morgan fingerprint density at radius 1 is 1.08 bits per heavy atom. The molecule has 0 amide bonds. The molecule has 0 unspecified atom stereocenters. The van der Waals surface area contributed by atoms with Crippen LogP contribution in [0, 0.1) is 6.92 Å². The smallest absolute Gasteiger partial charge is 0.191 e. The molecule has 3 N–H and O–H groups in total. The number of aryl methyl sites for hydroxylation is 1. The Morgan fingerprint density at radius 3 is 2.68 bits per heavy atom. The predicted octanol–water partition coefficient (Wildman–Crippen LogP) is 2.65. The topological polar surface area (TPSA) is 78.0 Å². The van der Waals surface area contributed by atoms with Crippen molar-refractivity contribution >= 4 is 5.96 Å². The molecule has 0 aliphatic heterocycles. The Morgan fingerprint density at radius 2 is 1.92 bits per heavy atom. The highest BCUT2D eigenvalue weighted by Gasteiger charge is 2.04. The van der Waals surface area contributed by atoms with Crippen LogP contribution < -0.4 is 10.6 Å². The molecule has 1 heterocycles. The third-order valence-electron chi connectivity index (χ3n) is 4.01. The van der Waals surface area contributed by atoms with E-state index in [-0.39, 0.29) is 0 Å². The van der Waals surface area contributed by atoms with Crippen LogP contribution >= 0.6 is 0 Å². The number of hydrogen-bond acceptors (Lipinski definition) is 3. The number of nitrogens with one attached hydrogen (secondary N) is 3. The molecule has 0 aliphatic carbocycles. The van der Waals surface area contributed by atoms with E-state index in [1.165, 1.54) is 17.5 Å². The summed E-state index contributed by atoms with van der Waals surface area (Å²) < 4.78 is 0. The Hall–Kier alpha value is -3.15. The number of aromatic nitrogens is 3. The van der Waals surface area contributed by atoms with Gasteiger partial charge >= 0.3 is 0 Å². The first-order chi connectivity index (χ1) is 12.3. The minimum atomic E-state index is 0.676. The fourth-order valence-corrected chi connectivity index (χ4v) is 2.57. The second kappa shape index (κ2) is 8.10. The van der Waals surface area contributed by atoms with Crippen molar-refractivity contribution in [1.82, 2.24) is 25.8 Å². The third-order valence-corrected chi connectivity index (χ3v) is 4.01. The van der Waals surface area contributed by atoms with E-state index in [4.69, 9.17) is 0 Å². The van der Waals surface area contributed by atoms with Crippen LogP contribution in [0.1, 0.15) is 16.7 Å². The molecule has 0 fully saturated rings. The molecular weight excluding hydrogens is 312 g/mol. The van der Waals surface area contributed by atoms with Gasteiger partial charge in [-0.05, 0) is 29.7 Å². The molecule has 25 heavy (non-hydrogen) atoms. The van der Waals surface area contributed by atoms with Gasteiger partial charge in [-0.1, -0.05) is 42.5 Å². The summed E-state index contributed by atoms with van der Waals surface area (Å²) in [4.78, 5) is 8.47. The molecule has 2 aromatic carbocycles. The molecule has 0 saturated carbocycles. The van der Waals surface area contributed by atoms with E-state index in [9.17, 15) is 0 Å². The van der Waals surface area contributed by atoms with E-state index >= 15 is 0 Å². The quantitative estimate of drug-likeness (QED) is 0.495. The van der Waals surface area contributed by atoms with E-state index in [1.54, 1.807) is 7.05 Å². The second-order valence-corrected chi connectivity index (χ2v) is 5.74. The first kappa shape index (κ1) is 16.7. The van der Waals surface area contributed by atoms with Crippen molar-refractivity contribution < 1.29 is 0 Å². The highest BCUT2D eigenvalue weighted by molar-refractivity contribution is 5.79. The van der Waals surface area contributed by atoms with E-state index in [0.29, 0.717) is 6.54 Å². The van der Waals surface area contributed by atoms with Crippen molar-refractivity contribution in [3.8, 4) is 11.4 Å². The zero-order valence-electron chi connectivity index (χ0n) is 14.5. The van der Waals surface area contributed by atoms with Crippen molar-refractivity contribution in [2.75, 3.05) is 7.05 Å². The maximum Gasteiger partial charge on any atom is 0.191 e. The van der Waals surface area contributed by atoms with Crippen LogP contribution in [0.4, 0.5) is 0 Å². The van der Waals surface area contributed by atoms with Crippen LogP contribution in [0.15, 0.2) is 59.9 Å². The molecule has 3 aromatic rings. The highest BCUT2D eigenvalue weighted by atomic mass is 15.2. The normalized spacial score (nSPS) is 11.4. The monoisotopic (exact) mass is 334 g/mol. The van der Waals surface area contributed by atoms with Crippen LogP contribution in [0.5, 0.6) is 0 Å². The van der Waals surface area contributed by atoms with Gasteiger partial charge in [0, 0.05) is 25.7 Å². The molecule has 6 nitrogen and oxygen atoms in total. The predicted molar refractivity (Wildman–Crippen MR) is 100 cm³/mol. The lowest BCUT2D eigenvalue weighted by molar-refractivity contribution is 0.806. The largest absolute Gasteiger partial charge is 0.352 e. The summed E-state index contributed by atoms with van der Waals surface area (Å²) in [7, 11) is 1.78. The van der Waals surface area contributed by atoms with Crippen molar-refractivity contribution in [2.45, 2.75) is 20.0 Å². The summed E-state index contributed by atoms with van der Waals surface area (Å²) in [5.41, 5.74) is 4.69. The third kappa shape index (κ3) is 4.44. The molecule has 1 aromatic heterocycles. The van der Waals surface area contributed by atoms with Gasteiger partial charge in [-0.2, -0.15) is 5.10 Å². The Kier molecular flexibility index (Phi) is 5.41. The van der Waals surface area contributed by atoms with Gasteiger partial charge in [0.15, 0.2) is 11.8 Å². The van der Waals surface area contributed by atoms with Crippen LogP contribution in [-0.2, 0) is 13.1 Å². The summed E-state index contributed by atoms with van der Waals surface area (Å²) in [5.74, 6) is 1.54. The molecular formula is C19H22N6. The van der Waals surface area contributed by atoms with Crippen LogP contribution in [-0.4, -0.2) is 28.2 Å². The van der Waals surface area contributed by atoms with Gasteiger partial charge in [0.05, 0.1) is 0 Å². The second-order valence-electron chi connectivity index (χ2n) is 5.74. The van der Waals surface area contributed by atoms with Gasteiger partial charge in [-0.3, -0.25) is 10.1 Å². The lowest BCUT2D eigenvalue weighted by Gasteiger charge is -2.13. The van der Waals surface area contributed by atoms with Gasteiger partial charge in [-0.25, -0.2) is 4.98 Å². The minimum absolute atomic E-state index is 0.676. The standard InChI is InChI=1S/C19H22N6/c1-14-6-3-4-8-17(14)12-22-19(20-2)21-11-15-7-5-9-16(10-15)18-23-13-24-25-18/h3-10,13H,11-12H2,1-2H3,(H2,20,21,22)(H,23,24,25). The average Bonchev–Trinajstić information content (AvgIpc) is 3.18. The van der Waals surface area contributed by atoms with Crippen LogP contribution in [0.2, 0.25) is 0 Å². The summed E-state index contributed by atoms with van der Waals surface area (Å²) in [5, 5.41) is 13.5. The molecule has 0 bridgehead atoms. The Bertz CT molecular complexity index is 839. The molecule has 128 valence electrons. The number of aliphatic imine (C=N–C) groups is 1. The fourth-order valence-electron chi connectivity index (χ4n) is 2.57. The number of nitrogens with zero attached hydrogens (tertiary/aromatic N) is 3. The number of benzene rings is 2. The maximum absolute atomic E-state index is 4.29. The van der Waals surface area contributed by atoms with Crippen molar-refractivity contribution in [1.29, 1.82) is 0 Å².